The molecule has 2 atom stereocenters. The highest BCUT2D eigenvalue weighted by atomic mass is 35.5. The third kappa shape index (κ3) is 8.55. The summed E-state index contributed by atoms with van der Waals surface area (Å²) in [4.78, 5) is 11.2. The van der Waals surface area contributed by atoms with Gasteiger partial charge in [-0.1, -0.05) is 44.7 Å². The van der Waals surface area contributed by atoms with Crippen LogP contribution >= 0.6 is 11.6 Å². The molecule has 0 N–H and O–H groups in total. The van der Waals surface area contributed by atoms with E-state index in [4.69, 9.17) is 21.1 Å². The fourth-order valence-corrected chi connectivity index (χ4v) is 1.42. The van der Waals surface area contributed by atoms with Crippen LogP contribution in [0.25, 0.3) is 0 Å². The minimum absolute atomic E-state index is 0.0945. The second-order valence-corrected chi connectivity index (χ2v) is 4.12. The van der Waals surface area contributed by atoms with Gasteiger partial charge in [0.2, 0.25) is 0 Å². The van der Waals surface area contributed by atoms with Crippen LogP contribution in [0.15, 0.2) is 0 Å². The summed E-state index contributed by atoms with van der Waals surface area (Å²) in [6.45, 7) is 5.94. The van der Waals surface area contributed by atoms with Crippen molar-refractivity contribution in [2.75, 3.05) is 0 Å². The molecule has 0 fully saturated rings. The second kappa shape index (κ2) is 8.84. The molecule has 0 saturated carbocycles. The van der Waals surface area contributed by atoms with Gasteiger partial charge < -0.3 is 9.47 Å². The number of unbranched alkanes of at least 4 members (excludes halogenated alkanes) is 1. The monoisotopic (exact) mass is 236 g/mol. The van der Waals surface area contributed by atoms with Crippen molar-refractivity contribution in [2.24, 2.45) is 0 Å². The molecule has 0 aromatic rings. The summed E-state index contributed by atoms with van der Waals surface area (Å²) >= 11 is 5.74. The van der Waals surface area contributed by atoms with Gasteiger partial charge in [0, 0.05) is 0 Å². The largest absolute Gasteiger partial charge is 0.510 e. The summed E-state index contributed by atoms with van der Waals surface area (Å²) in [5.74, 6) is 0. The van der Waals surface area contributed by atoms with Crippen molar-refractivity contribution >= 4 is 17.8 Å². The molecule has 90 valence electrons. The number of alkyl halides is 1. The topological polar surface area (TPSA) is 35.5 Å². The van der Waals surface area contributed by atoms with Gasteiger partial charge in [-0.25, -0.2) is 4.79 Å². The summed E-state index contributed by atoms with van der Waals surface area (Å²) in [6, 6.07) is 0. The third-order valence-corrected chi connectivity index (χ3v) is 2.31. The van der Waals surface area contributed by atoms with E-state index in [9.17, 15) is 4.79 Å². The van der Waals surface area contributed by atoms with Crippen molar-refractivity contribution in [3.8, 4) is 0 Å². The molecular formula is C11H21ClO3. The van der Waals surface area contributed by atoms with Crippen molar-refractivity contribution in [1.29, 1.82) is 0 Å². The summed E-state index contributed by atoms with van der Waals surface area (Å²) in [5.41, 5.74) is -0.569. The average Bonchev–Trinajstić information content (AvgIpc) is 2.14. The van der Waals surface area contributed by atoms with Crippen LogP contribution in [-0.2, 0) is 9.47 Å². The number of rotatable bonds is 7. The molecule has 0 aliphatic heterocycles. The molecule has 15 heavy (non-hydrogen) atoms. The molecule has 0 aliphatic carbocycles. The SMILES string of the molecule is CCCCC(C)OC(=O)OC(Cl)CCC. The predicted molar refractivity (Wildman–Crippen MR) is 61.1 cm³/mol. The fraction of sp³-hybridized carbons (Fsp3) is 0.909. The number of carbonyl (C=O) groups is 1. The maximum absolute atomic E-state index is 11.2. The molecule has 0 saturated heterocycles. The van der Waals surface area contributed by atoms with Gasteiger partial charge in [0.25, 0.3) is 0 Å². The quantitative estimate of drug-likeness (QED) is 0.494. The standard InChI is InChI=1S/C11H21ClO3/c1-4-6-8-9(3)14-11(13)15-10(12)7-5-2/h9-10H,4-8H2,1-3H3. The highest BCUT2D eigenvalue weighted by Gasteiger charge is 2.14. The Morgan fingerprint density at radius 1 is 1.20 bits per heavy atom. The van der Waals surface area contributed by atoms with E-state index in [-0.39, 0.29) is 6.10 Å². The number of hydrogen-bond donors (Lipinski definition) is 0. The minimum Gasteiger partial charge on any atom is -0.431 e. The number of halogens is 1. The first-order valence-electron chi connectivity index (χ1n) is 5.61. The average molecular weight is 237 g/mol. The lowest BCUT2D eigenvalue weighted by atomic mass is 10.2. The lowest BCUT2D eigenvalue weighted by molar-refractivity contribution is 0.0170. The van der Waals surface area contributed by atoms with E-state index in [0.717, 1.165) is 25.7 Å². The highest BCUT2D eigenvalue weighted by molar-refractivity contribution is 6.20. The molecule has 0 amide bonds. The Kier molecular flexibility index (Phi) is 8.58. The van der Waals surface area contributed by atoms with Gasteiger partial charge in [0.15, 0.2) is 5.56 Å². The van der Waals surface area contributed by atoms with E-state index < -0.39 is 11.7 Å². The van der Waals surface area contributed by atoms with E-state index >= 15 is 0 Å². The van der Waals surface area contributed by atoms with Gasteiger partial charge >= 0.3 is 6.16 Å². The van der Waals surface area contributed by atoms with E-state index in [0.29, 0.717) is 6.42 Å². The lowest BCUT2D eigenvalue weighted by Gasteiger charge is -2.14. The smallest absolute Gasteiger partial charge is 0.431 e. The first-order valence-corrected chi connectivity index (χ1v) is 6.05. The molecule has 0 aromatic heterocycles. The van der Waals surface area contributed by atoms with Crippen molar-refractivity contribution in [3.63, 3.8) is 0 Å². The van der Waals surface area contributed by atoms with Crippen LogP contribution in [0.5, 0.6) is 0 Å². The molecule has 0 bridgehead atoms. The summed E-state index contributed by atoms with van der Waals surface area (Å²) < 4.78 is 9.87. The summed E-state index contributed by atoms with van der Waals surface area (Å²) in [6.07, 6.45) is 3.79. The Morgan fingerprint density at radius 3 is 2.40 bits per heavy atom. The van der Waals surface area contributed by atoms with Crippen LogP contribution in [0.1, 0.15) is 52.9 Å². The van der Waals surface area contributed by atoms with E-state index in [1.54, 1.807) is 0 Å². The van der Waals surface area contributed by atoms with Gasteiger partial charge in [-0.15, -0.1) is 0 Å². The normalized spacial score (nSPS) is 14.4. The van der Waals surface area contributed by atoms with Gasteiger partial charge in [0.1, 0.15) is 6.10 Å². The maximum Gasteiger partial charge on any atom is 0.510 e. The van der Waals surface area contributed by atoms with Crippen molar-refractivity contribution < 1.29 is 14.3 Å². The summed E-state index contributed by atoms with van der Waals surface area (Å²) in [5, 5.41) is 0. The number of ether oxygens (including phenoxy) is 2. The van der Waals surface area contributed by atoms with Crippen LogP contribution in [0.2, 0.25) is 0 Å². The molecule has 0 aliphatic rings. The zero-order valence-corrected chi connectivity index (χ0v) is 10.5. The Hall–Kier alpha value is -0.440. The Balaban J connectivity index is 3.63. The number of carbonyl (C=O) groups excluding carboxylic acids is 1. The third-order valence-electron chi connectivity index (χ3n) is 2.00. The van der Waals surface area contributed by atoms with Crippen molar-refractivity contribution in [1.82, 2.24) is 0 Å². The van der Waals surface area contributed by atoms with Gasteiger partial charge in [-0.2, -0.15) is 0 Å². The van der Waals surface area contributed by atoms with Crippen molar-refractivity contribution in [2.45, 2.75) is 64.5 Å². The predicted octanol–water partition coefficient (Wildman–Crippen LogP) is 4.08. The molecule has 0 heterocycles. The van der Waals surface area contributed by atoms with Crippen LogP contribution in [0.4, 0.5) is 4.79 Å². The van der Waals surface area contributed by atoms with Crippen LogP contribution in [0, 0.1) is 0 Å². The summed E-state index contributed by atoms with van der Waals surface area (Å²) in [7, 11) is 0. The molecule has 0 spiro atoms. The van der Waals surface area contributed by atoms with E-state index in [1.807, 2.05) is 13.8 Å². The molecule has 0 radical (unpaired) electrons. The second-order valence-electron chi connectivity index (χ2n) is 3.64. The lowest BCUT2D eigenvalue weighted by Crippen LogP contribution is -2.19. The Morgan fingerprint density at radius 2 is 1.87 bits per heavy atom. The highest BCUT2D eigenvalue weighted by Crippen LogP contribution is 2.10. The Labute approximate surface area is 97.1 Å². The molecule has 3 nitrogen and oxygen atoms in total. The Bertz CT molecular complexity index is 173. The first kappa shape index (κ1) is 14.6. The van der Waals surface area contributed by atoms with Crippen LogP contribution < -0.4 is 0 Å². The maximum atomic E-state index is 11.2. The molecule has 4 heteroatoms. The molecule has 0 rings (SSSR count). The first-order chi connectivity index (χ1) is 7.10. The van der Waals surface area contributed by atoms with Crippen molar-refractivity contribution in [3.05, 3.63) is 0 Å². The molecular weight excluding hydrogens is 216 g/mol. The molecule has 2 unspecified atom stereocenters. The van der Waals surface area contributed by atoms with Crippen LogP contribution in [0.3, 0.4) is 0 Å². The zero-order chi connectivity index (χ0) is 11.7. The molecule has 0 aromatic carbocycles. The van der Waals surface area contributed by atoms with Crippen LogP contribution in [-0.4, -0.2) is 17.8 Å². The number of hydrogen-bond acceptors (Lipinski definition) is 3. The van der Waals surface area contributed by atoms with Gasteiger partial charge in [0.05, 0.1) is 0 Å². The van der Waals surface area contributed by atoms with E-state index in [1.165, 1.54) is 0 Å². The van der Waals surface area contributed by atoms with E-state index in [2.05, 4.69) is 6.92 Å². The van der Waals surface area contributed by atoms with Gasteiger partial charge in [-0.05, 0) is 19.8 Å². The zero-order valence-electron chi connectivity index (χ0n) is 9.79. The van der Waals surface area contributed by atoms with Gasteiger partial charge in [-0.3, -0.25) is 0 Å². The minimum atomic E-state index is -0.660. The fourth-order valence-electron chi connectivity index (χ4n) is 1.13.